The van der Waals surface area contributed by atoms with Gasteiger partial charge in [-0.3, -0.25) is 4.79 Å². The van der Waals surface area contributed by atoms with E-state index in [0.717, 1.165) is 12.8 Å². The van der Waals surface area contributed by atoms with Gasteiger partial charge in [0, 0.05) is 6.42 Å². The molecule has 0 atom stereocenters. The van der Waals surface area contributed by atoms with Crippen LogP contribution in [-0.2, 0) is 9.53 Å². The molecule has 2 nitrogen and oxygen atoms in total. The molecule has 0 aromatic heterocycles. The Balaban J connectivity index is 3.18. The van der Waals surface area contributed by atoms with Crippen LogP contribution in [0.5, 0.6) is 0 Å². The molecule has 0 fully saturated rings. The first-order valence-electron chi connectivity index (χ1n) is 19.1. The molecule has 0 aliphatic carbocycles. The fourth-order valence-corrected chi connectivity index (χ4v) is 5.78. The van der Waals surface area contributed by atoms with E-state index in [2.05, 4.69) is 26.0 Å². The zero-order valence-electron chi connectivity index (χ0n) is 28.5. The highest BCUT2D eigenvalue weighted by Gasteiger charge is 2.02. The zero-order chi connectivity index (χ0) is 29.7. The first-order chi connectivity index (χ1) is 20.3. The summed E-state index contributed by atoms with van der Waals surface area (Å²) in [5.41, 5.74) is 0. The molecule has 0 aliphatic heterocycles. The Labute approximate surface area is 259 Å². The van der Waals surface area contributed by atoms with Gasteiger partial charge in [0.05, 0.1) is 6.61 Å². The Hall–Kier alpha value is -0.790. The second-order valence-electron chi connectivity index (χ2n) is 12.9. The molecule has 0 heterocycles. The SMILES string of the molecule is CCCCCCCCC=CCCCCCCCCCC(=O)OCCCCCCCCCCCCCCCCCCC. The molecule has 0 spiro atoms. The molecule has 0 amide bonds. The van der Waals surface area contributed by atoms with E-state index in [-0.39, 0.29) is 5.97 Å². The minimum Gasteiger partial charge on any atom is -0.466 e. The fraction of sp³-hybridized carbons (Fsp3) is 0.923. The van der Waals surface area contributed by atoms with Crippen molar-refractivity contribution < 1.29 is 9.53 Å². The van der Waals surface area contributed by atoms with Gasteiger partial charge in [-0.2, -0.15) is 0 Å². The monoisotopic (exact) mass is 577 g/mol. The van der Waals surface area contributed by atoms with Gasteiger partial charge in [0.2, 0.25) is 0 Å². The molecule has 0 radical (unpaired) electrons. The molecule has 2 heteroatoms. The highest BCUT2D eigenvalue weighted by molar-refractivity contribution is 5.69. The lowest BCUT2D eigenvalue weighted by atomic mass is 10.0. The van der Waals surface area contributed by atoms with Crippen LogP contribution < -0.4 is 0 Å². The number of hydrogen-bond acceptors (Lipinski definition) is 2. The maximum absolute atomic E-state index is 11.9. The van der Waals surface area contributed by atoms with Crippen molar-refractivity contribution in [3.05, 3.63) is 12.2 Å². The van der Waals surface area contributed by atoms with E-state index in [1.807, 2.05) is 0 Å². The molecule has 244 valence electrons. The number of unbranched alkanes of at least 4 members (excludes halogenated alkanes) is 29. The van der Waals surface area contributed by atoms with Crippen molar-refractivity contribution >= 4 is 5.97 Å². The van der Waals surface area contributed by atoms with E-state index >= 15 is 0 Å². The van der Waals surface area contributed by atoms with Crippen molar-refractivity contribution in [1.82, 2.24) is 0 Å². The summed E-state index contributed by atoms with van der Waals surface area (Å²) in [7, 11) is 0. The summed E-state index contributed by atoms with van der Waals surface area (Å²) >= 11 is 0. The van der Waals surface area contributed by atoms with Crippen LogP contribution in [0.4, 0.5) is 0 Å². The molecule has 0 bridgehead atoms. The van der Waals surface area contributed by atoms with Crippen LogP contribution in [0, 0.1) is 0 Å². The molecule has 0 unspecified atom stereocenters. The number of rotatable bonds is 35. The van der Waals surface area contributed by atoms with Crippen LogP contribution >= 0.6 is 0 Å². The maximum atomic E-state index is 11.9. The molecule has 0 saturated carbocycles. The summed E-state index contributed by atoms with van der Waals surface area (Å²) in [5.74, 6) is 0.0224. The van der Waals surface area contributed by atoms with E-state index in [1.165, 1.54) is 193 Å². The smallest absolute Gasteiger partial charge is 0.305 e. The Morgan fingerprint density at radius 2 is 0.683 bits per heavy atom. The first kappa shape index (κ1) is 40.2. The molecular weight excluding hydrogens is 500 g/mol. The number of carbonyl (C=O) groups is 1. The van der Waals surface area contributed by atoms with Crippen LogP contribution in [0.3, 0.4) is 0 Å². The molecule has 0 rings (SSSR count). The van der Waals surface area contributed by atoms with E-state index in [1.54, 1.807) is 0 Å². The molecular formula is C39H76O2. The third-order valence-corrected chi connectivity index (χ3v) is 8.65. The lowest BCUT2D eigenvalue weighted by Gasteiger charge is -2.06. The van der Waals surface area contributed by atoms with Crippen LogP contribution in [0.1, 0.15) is 226 Å². The third-order valence-electron chi connectivity index (χ3n) is 8.65. The van der Waals surface area contributed by atoms with Crippen molar-refractivity contribution in [2.24, 2.45) is 0 Å². The second-order valence-corrected chi connectivity index (χ2v) is 12.9. The van der Waals surface area contributed by atoms with Gasteiger partial charge in [0.1, 0.15) is 0 Å². The lowest BCUT2D eigenvalue weighted by Crippen LogP contribution is -2.05. The Bertz CT molecular complexity index is 512. The van der Waals surface area contributed by atoms with Crippen LogP contribution in [0.2, 0.25) is 0 Å². The fourth-order valence-electron chi connectivity index (χ4n) is 5.78. The third kappa shape index (κ3) is 37.2. The van der Waals surface area contributed by atoms with E-state index in [0.29, 0.717) is 13.0 Å². The summed E-state index contributed by atoms with van der Waals surface area (Å²) in [5, 5.41) is 0. The quantitative estimate of drug-likeness (QED) is 0.0426. The molecule has 0 saturated heterocycles. The van der Waals surface area contributed by atoms with Gasteiger partial charge in [-0.05, 0) is 38.5 Å². The van der Waals surface area contributed by atoms with E-state index in [9.17, 15) is 4.79 Å². The van der Waals surface area contributed by atoms with Gasteiger partial charge in [-0.25, -0.2) is 0 Å². The number of carbonyl (C=O) groups excluding carboxylic acids is 1. The average Bonchev–Trinajstić information content (AvgIpc) is 2.98. The predicted octanol–water partition coefficient (Wildman–Crippen LogP) is 14.0. The lowest BCUT2D eigenvalue weighted by molar-refractivity contribution is -0.143. The van der Waals surface area contributed by atoms with Crippen molar-refractivity contribution in [3.8, 4) is 0 Å². The van der Waals surface area contributed by atoms with E-state index in [4.69, 9.17) is 4.74 Å². The standard InChI is InChI=1S/C39H76O2/c1-3-5-7-9-11-13-15-17-19-21-23-25-27-29-31-33-35-37-39(40)41-38-36-34-32-30-28-26-24-22-20-18-16-14-12-10-8-6-4-2/h17,19H,3-16,18,20-38H2,1-2H3. The average molecular weight is 577 g/mol. The van der Waals surface area contributed by atoms with Gasteiger partial charge < -0.3 is 4.74 Å². The largest absolute Gasteiger partial charge is 0.466 e. The van der Waals surface area contributed by atoms with Crippen LogP contribution in [0.25, 0.3) is 0 Å². The minimum absolute atomic E-state index is 0.0224. The zero-order valence-corrected chi connectivity index (χ0v) is 28.5. The molecule has 0 N–H and O–H groups in total. The van der Waals surface area contributed by atoms with Crippen LogP contribution in [0.15, 0.2) is 12.2 Å². The molecule has 0 aromatic carbocycles. The van der Waals surface area contributed by atoms with Gasteiger partial charge >= 0.3 is 5.97 Å². The molecule has 0 aromatic rings. The van der Waals surface area contributed by atoms with Crippen molar-refractivity contribution in [2.75, 3.05) is 6.61 Å². The van der Waals surface area contributed by atoms with E-state index < -0.39 is 0 Å². The van der Waals surface area contributed by atoms with Gasteiger partial charge in [-0.1, -0.05) is 193 Å². The highest BCUT2D eigenvalue weighted by Crippen LogP contribution is 2.15. The summed E-state index contributed by atoms with van der Waals surface area (Å²) in [6.07, 6.45) is 48.5. The van der Waals surface area contributed by atoms with Gasteiger partial charge in [0.25, 0.3) is 0 Å². The Kier molecular flexibility index (Phi) is 36.5. The highest BCUT2D eigenvalue weighted by atomic mass is 16.5. The normalized spacial score (nSPS) is 11.6. The first-order valence-corrected chi connectivity index (χ1v) is 19.1. The topological polar surface area (TPSA) is 26.3 Å². The van der Waals surface area contributed by atoms with Gasteiger partial charge in [-0.15, -0.1) is 0 Å². The number of allylic oxidation sites excluding steroid dienone is 2. The van der Waals surface area contributed by atoms with Crippen molar-refractivity contribution in [2.45, 2.75) is 226 Å². The Morgan fingerprint density at radius 3 is 1.05 bits per heavy atom. The van der Waals surface area contributed by atoms with Crippen molar-refractivity contribution in [3.63, 3.8) is 0 Å². The number of esters is 1. The number of ether oxygens (including phenoxy) is 1. The van der Waals surface area contributed by atoms with Crippen molar-refractivity contribution in [1.29, 1.82) is 0 Å². The maximum Gasteiger partial charge on any atom is 0.305 e. The predicted molar refractivity (Wildman–Crippen MR) is 184 cm³/mol. The minimum atomic E-state index is 0.0224. The summed E-state index contributed by atoms with van der Waals surface area (Å²) in [4.78, 5) is 11.9. The van der Waals surface area contributed by atoms with Crippen LogP contribution in [-0.4, -0.2) is 12.6 Å². The molecule has 41 heavy (non-hydrogen) atoms. The summed E-state index contributed by atoms with van der Waals surface area (Å²) in [6, 6.07) is 0. The number of hydrogen-bond donors (Lipinski definition) is 0. The summed E-state index contributed by atoms with van der Waals surface area (Å²) in [6.45, 7) is 5.21. The van der Waals surface area contributed by atoms with Gasteiger partial charge in [0.15, 0.2) is 0 Å². The molecule has 0 aliphatic rings. The second kappa shape index (κ2) is 37.2. The summed E-state index contributed by atoms with van der Waals surface area (Å²) < 4.78 is 5.45. The Morgan fingerprint density at radius 1 is 0.390 bits per heavy atom.